The van der Waals surface area contributed by atoms with Gasteiger partial charge in [-0.1, -0.05) is 6.07 Å². The van der Waals surface area contributed by atoms with Crippen LogP contribution in [-0.2, 0) is 4.74 Å². The number of nitrogens with zero attached hydrogens (tertiary/aromatic N) is 1. The third kappa shape index (κ3) is 3.22. The topological polar surface area (TPSA) is 68.7 Å². The summed E-state index contributed by atoms with van der Waals surface area (Å²) in [6, 6.07) is 9.56. The molecule has 5 nitrogen and oxygen atoms in total. The second-order valence-electron chi connectivity index (χ2n) is 3.68. The molecule has 19 heavy (non-hydrogen) atoms. The number of ether oxygens (including phenoxy) is 2. The summed E-state index contributed by atoms with van der Waals surface area (Å²) < 4.78 is 10.3. The SMILES string of the molecule is CCOC(=O)c1cccc(Oc2ncccc2O)c1. The fourth-order valence-electron chi connectivity index (χ4n) is 1.47. The molecule has 0 bridgehead atoms. The highest BCUT2D eigenvalue weighted by Gasteiger charge is 2.09. The molecule has 0 aliphatic heterocycles. The van der Waals surface area contributed by atoms with E-state index in [1.54, 1.807) is 31.2 Å². The molecule has 0 amide bonds. The van der Waals surface area contributed by atoms with Crippen molar-refractivity contribution in [2.45, 2.75) is 6.92 Å². The van der Waals surface area contributed by atoms with Gasteiger partial charge in [-0.25, -0.2) is 9.78 Å². The van der Waals surface area contributed by atoms with Crippen LogP contribution in [0.4, 0.5) is 0 Å². The van der Waals surface area contributed by atoms with Gasteiger partial charge in [0.1, 0.15) is 5.75 Å². The summed E-state index contributed by atoms with van der Waals surface area (Å²) >= 11 is 0. The van der Waals surface area contributed by atoms with Crippen molar-refractivity contribution in [2.75, 3.05) is 6.61 Å². The number of aromatic hydroxyl groups is 1. The van der Waals surface area contributed by atoms with Crippen LogP contribution in [-0.4, -0.2) is 22.7 Å². The first-order valence-corrected chi connectivity index (χ1v) is 5.79. The highest BCUT2D eigenvalue weighted by atomic mass is 16.5. The minimum Gasteiger partial charge on any atom is -0.503 e. The number of pyridine rings is 1. The van der Waals surface area contributed by atoms with E-state index in [4.69, 9.17) is 9.47 Å². The van der Waals surface area contributed by atoms with Crippen LogP contribution in [0.3, 0.4) is 0 Å². The smallest absolute Gasteiger partial charge is 0.338 e. The Morgan fingerprint density at radius 2 is 2.16 bits per heavy atom. The van der Waals surface area contributed by atoms with Crippen LogP contribution < -0.4 is 4.74 Å². The molecule has 0 saturated heterocycles. The van der Waals surface area contributed by atoms with Gasteiger partial charge in [0.15, 0.2) is 5.75 Å². The zero-order chi connectivity index (χ0) is 13.7. The second-order valence-corrected chi connectivity index (χ2v) is 3.68. The van der Waals surface area contributed by atoms with Crippen LogP contribution in [0.5, 0.6) is 17.4 Å². The molecule has 1 aromatic heterocycles. The molecular weight excluding hydrogens is 246 g/mol. The largest absolute Gasteiger partial charge is 0.503 e. The normalized spacial score (nSPS) is 9.95. The Morgan fingerprint density at radius 3 is 2.89 bits per heavy atom. The van der Waals surface area contributed by atoms with Gasteiger partial charge in [0.2, 0.25) is 0 Å². The molecule has 0 fully saturated rings. The van der Waals surface area contributed by atoms with E-state index in [2.05, 4.69) is 4.98 Å². The van der Waals surface area contributed by atoms with Crippen LogP contribution in [0.1, 0.15) is 17.3 Å². The number of carbonyl (C=O) groups is 1. The quantitative estimate of drug-likeness (QED) is 0.855. The van der Waals surface area contributed by atoms with Gasteiger partial charge in [0, 0.05) is 6.20 Å². The Kier molecular flexibility index (Phi) is 3.97. The summed E-state index contributed by atoms with van der Waals surface area (Å²) in [6.07, 6.45) is 1.50. The summed E-state index contributed by atoms with van der Waals surface area (Å²) in [7, 11) is 0. The molecule has 0 spiro atoms. The number of hydrogen-bond donors (Lipinski definition) is 1. The van der Waals surface area contributed by atoms with Crippen molar-refractivity contribution in [1.29, 1.82) is 0 Å². The third-order valence-corrected chi connectivity index (χ3v) is 2.31. The lowest BCUT2D eigenvalue weighted by molar-refractivity contribution is 0.0526. The zero-order valence-electron chi connectivity index (χ0n) is 10.4. The van der Waals surface area contributed by atoms with Gasteiger partial charge in [-0.2, -0.15) is 0 Å². The maximum absolute atomic E-state index is 11.6. The van der Waals surface area contributed by atoms with Crippen molar-refractivity contribution in [2.24, 2.45) is 0 Å². The molecule has 1 aromatic carbocycles. The first-order chi connectivity index (χ1) is 9.20. The monoisotopic (exact) mass is 259 g/mol. The van der Waals surface area contributed by atoms with Gasteiger partial charge in [0.25, 0.3) is 5.88 Å². The fraction of sp³-hybridized carbons (Fsp3) is 0.143. The highest BCUT2D eigenvalue weighted by Crippen LogP contribution is 2.27. The van der Waals surface area contributed by atoms with Gasteiger partial charge < -0.3 is 14.6 Å². The van der Waals surface area contributed by atoms with Crippen LogP contribution >= 0.6 is 0 Å². The summed E-state index contributed by atoms with van der Waals surface area (Å²) in [5.41, 5.74) is 0.384. The van der Waals surface area contributed by atoms with Crippen molar-refractivity contribution >= 4 is 5.97 Å². The lowest BCUT2D eigenvalue weighted by atomic mass is 10.2. The van der Waals surface area contributed by atoms with Crippen LogP contribution in [0.25, 0.3) is 0 Å². The summed E-state index contributed by atoms with van der Waals surface area (Å²) in [5, 5.41) is 9.56. The predicted molar refractivity (Wildman–Crippen MR) is 68.4 cm³/mol. The van der Waals surface area contributed by atoms with Gasteiger partial charge in [0.05, 0.1) is 12.2 Å². The maximum Gasteiger partial charge on any atom is 0.338 e. The summed E-state index contributed by atoms with van der Waals surface area (Å²) in [4.78, 5) is 15.5. The number of rotatable bonds is 4. The molecule has 0 atom stereocenters. The molecule has 0 unspecified atom stereocenters. The van der Waals surface area contributed by atoms with Gasteiger partial charge >= 0.3 is 5.97 Å². The molecule has 2 aromatic rings. The Balaban J connectivity index is 2.20. The average molecular weight is 259 g/mol. The van der Waals surface area contributed by atoms with Crippen molar-refractivity contribution in [3.8, 4) is 17.4 Å². The number of hydrogen-bond acceptors (Lipinski definition) is 5. The second kappa shape index (κ2) is 5.86. The number of carbonyl (C=O) groups excluding carboxylic acids is 1. The van der Waals surface area contributed by atoms with E-state index in [1.165, 1.54) is 18.3 Å². The van der Waals surface area contributed by atoms with Crippen molar-refractivity contribution in [3.63, 3.8) is 0 Å². The van der Waals surface area contributed by atoms with Crippen LogP contribution in [0.2, 0.25) is 0 Å². The summed E-state index contributed by atoms with van der Waals surface area (Å²) in [5.74, 6) is 0.00490. The van der Waals surface area contributed by atoms with Crippen molar-refractivity contribution in [1.82, 2.24) is 4.98 Å². The molecule has 0 aliphatic rings. The standard InChI is InChI=1S/C14H13NO4/c1-2-18-14(17)10-5-3-6-11(9-10)19-13-12(16)7-4-8-15-13/h3-9,16H,2H2,1H3. The lowest BCUT2D eigenvalue weighted by Gasteiger charge is -2.07. The lowest BCUT2D eigenvalue weighted by Crippen LogP contribution is -2.04. The van der Waals surface area contributed by atoms with Crippen molar-refractivity contribution in [3.05, 3.63) is 48.2 Å². The first kappa shape index (κ1) is 12.9. The van der Waals surface area contributed by atoms with Gasteiger partial charge in [-0.3, -0.25) is 0 Å². The van der Waals surface area contributed by atoms with Gasteiger partial charge in [-0.05, 0) is 37.3 Å². The van der Waals surface area contributed by atoms with Crippen LogP contribution in [0, 0.1) is 0 Å². The Bertz CT molecular complexity index is 583. The molecule has 98 valence electrons. The fourth-order valence-corrected chi connectivity index (χ4v) is 1.47. The molecule has 1 N–H and O–H groups in total. The maximum atomic E-state index is 11.6. The number of esters is 1. The van der Waals surface area contributed by atoms with Crippen LogP contribution in [0.15, 0.2) is 42.6 Å². The molecule has 0 radical (unpaired) electrons. The highest BCUT2D eigenvalue weighted by molar-refractivity contribution is 5.89. The Labute approximate surface area is 110 Å². The minimum absolute atomic E-state index is 0.0657. The third-order valence-electron chi connectivity index (χ3n) is 2.31. The Morgan fingerprint density at radius 1 is 1.32 bits per heavy atom. The first-order valence-electron chi connectivity index (χ1n) is 5.79. The zero-order valence-corrected chi connectivity index (χ0v) is 10.4. The van der Waals surface area contributed by atoms with E-state index < -0.39 is 5.97 Å². The molecule has 1 heterocycles. The molecular formula is C14H13NO4. The van der Waals surface area contributed by atoms with E-state index in [0.29, 0.717) is 17.9 Å². The summed E-state index contributed by atoms with van der Waals surface area (Å²) in [6.45, 7) is 2.05. The molecule has 0 aliphatic carbocycles. The van der Waals surface area contributed by atoms with E-state index in [-0.39, 0.29) is 11.6 Å². The van der Waals surface area contributed by atoms with E-state index in [1.807, 2.05) is 0 Å². The molecule has 0 saturated carbocycles. The predicted octanol–water partition coefficient (Wildman–Crippen LogP) is 2.76. The number of aromatic nitrogens is 1. The van der Waals surface area contributed by atoms with E-state index in [9.17, 15) is 9.90 Å². The molecule has 5 heteroatoms. The average Bonchev–Trinajstić information content (AvgIpc) is 2.42. The number of benzene rings is 1. The van der Waals surface area contributed by atoms with Crippen molar-refractivity contribution < 1.29 is 19.4 Å². The van der Waals surface area contributed by atoms with Gasteiger partial charge in [-0.15, -0.1) is 0 Å². The Hall–Kier alpha value is -2.56. The molecule has 2 rings (SSSR count). The van der Waals surface area contributed by atoms with E-state index in [0.717, 1.165) is 0 Å². The minimum atomic E-state index is -0.418. The van der Waals surface area contributed by atoms with E-state index >= 15 is 0 Å².